The van der Waals surface area contributed by atoms with E-state index in [4.69, 9.17) is 9.47 Å². The molecule has 11 N–H and O–H groups in total. The van der Waals surface area contributed by atoms with Crippen LogP contribution in [0.4, 0.5) is 5.69 Å². The smallest absolute Gasteiger partial charge is 0.388 e. The van der Waals surface area contributed by atoms with Crippen molar-refractivity contribution >= 4 is 53.2 Å². The van der Waals surface area contributed by atoms with E-state index in [1.165, 1.54) is 11.8 Å². The highest BCUT2D eigenvalue weighted by Gasteiger charge is 2.51. The second kappa shape index (κ2) is 21.2. The van der Waals surface area contributed by atoms with Gasteiger partial charge in [-0.15, -0.1) is 0 Å². The minimum absolute atomic E-state index is 0. The number of rotatable bonds is 20. The van der Waals surface area contributed by atoms with Crippen LogP contribution in [0.5, 0.6) is 0 Å². The third-order valence-corrected chi connectivity index (χ3v) is 10.4. The lowest BCUT2D eigenvalue weighted by Crippen LogP contribution is -2.61. The van der Waals surface area contributed by atoms with E-state index in [1.54, 1.807) is 48.5 Å². The zero-order valence-electron chi connectivity index (χ0n) is 31.1. The third kappa shape index (κ3) is 15.2. The van der Waals surface area contributed by atoms with E-state index in [0.717, 1.165) is 5.56 Å². The number of nitrogens with one attached hydrogen (secondary N) is 1. The Morgan fingerprint density at radius 1 is 0.850 bits per heavy atom. The molecule has 338 valence electrons. The molecule has 0 aromatic heterocycles. The van der Waals surface area contributed by atoms with Gasteiger partial charge >= 0.3 is 41.6 Å². The lowest BCUT2D eigenvalue weighted by Gasteiger charge is -2.42. The number of hydrogen-bond acceptors (Lipinski definition) is 20. The van der Waals surface area contributed by atoms with Crippen LogP contribution in [0.1, 0.15) is 36.5 Å². The Morgan fingerprint density at radius 3 is 2.02 bits per heavy atom. The fraction of sp³-hybridized carbons (Fsp3) is 0.516. The van der Waals surface area contributed by atoms with Gasteiger partial charge in [0, 0.05) is 30.6 Å². The van der Waals surface area contributed by atoms with E-state index >= 15 is 0 Å². The molecule has 0 aliphatic carbocycles. The summed E-state index contributed by atoms with van der Waals surface area (Å²) >= 11 is 0. The van der Waals surface area contributed by atoms with Crippen molar-refractivity contribution in [2.24, 2.45) is 0 Å². The number of aliphatic hydroxyl groups is 3. The van der Waals surface area contributed by atoms with Gasteiger partial charge in [0.25, 0.3) is 0 Å². The zero-order chi connectivity index (χ0) is 43.9. The molecule has 2 aliphatic heterocycles. The molecule has 1 unspecified atom stereocenters. The van der Waals surface area contributed by atoms with Gasteiger partial charge in [-0.2, -0.15) is 33.7 Å². The topological polar surface area (TPSA) is 401 Å². The maximum Gasteiger partial charge on any atom is 0.397 e. The summed E-state index contributed by atoms with van der Waals surface area (Å²) in [6.45, 7) is -1.03. The molecule has 0 bridgehead atoms. The summed E-state index contributed by atoms with van der Waals surface area (Å²) in [6, 6.07) is 13.9. The SMILES string of the molecule is CC[C@H]1O[C@@H](OCC(O)[C@@H](O)[C@H](OS(=O)(=O)O)[C@@H](CNCCC(=O)N2Cc3ccccc3C#Cc3ccccc32)OS(=O)(=O)O)[C@H](OS(=O)(=O)O)[C@H](OS(=O)(=O)O)[C@@H]1O.N. The summed E-state index contributed by atoms with van der Waals surface area (Å²) in [5, 5.41) is 34.9. The Bertz CT molecular complexity index is 2300. The van der Waals surface area contributed by atoms with E-state index in [1.807, 2.05) is 0 Å². The van der Waals surface area contributed by atoms with E-state index in [-0.39, 0.29) is 32.1 Å². The van der Waals surface area contributed by atoms with Gasteiger partial charge in [0.2, 0.25) is 5.91 Å². The number of para-hydroxylation sites is 1. The molecule has 29 heteroatoms. The number of ether oxygens (including phenoxy) is 2. The van der Waals surface area contributed by atoms with Crippen LogP contribution in [0.2, 0.25) is 0 Å². The first kappa shape index (κ1) is 51.0. The molecule has 1 saturated heterocycles. The normalized spacial score (nSPS) is 22.9. The van der Waals surface area contributed by atoms with Gasteiger partial charge in [-0.05, 0) is 30.2 Å². The van der Waals surface area contributed by atoms with Crippen molar-refractivity contribution in [3.63, 3.8) is 0 Å². The van der Waals surface area contributed by atoms with Crippen LogP contribution in [0.15, 0.2) is 48.5 Å². The van der Waals surface area contributed by atoms with Gasteiger partial charge < -0.3 is 41.2 Å². The number of amides is 1. The maximum absolute atomic E-state index is 13.6. The van der Waals surface area contributed by atoms with E-state index in [9.17, 15) is 72.0 Å². The van der Waals surface area contributed by atoms with Crippen LogP contribution in [-0.4, -0.2) is 148 Å². The van der Waals surface area contributed by atoms with Gasteiger partial charge in [0.05, 0.1) is 24.9 Å². The first-order valence-electron chi connectivity index (χ1n) is 17.0. The maximum atomic E-state index is 13.6. The van der Waals surface area contributed by atoms with Crippen molar-refractivity contribution in [3.8, 4) is 11.8 Å². The molecule has 2 aromatic rings. The summed E-state index contributed by atoms with van der Waals surface area (Å²) in [5.74, 6) is 5.62. The highest BCUT2D eigenvalue weighted by atomic mass is 32.3. The Hall–Kier alpha value is -3.33. The largest absolute Gasteiger partial charge is 0.397 e. The van der Waals surface area contributed by atoms with E-state index in [2.05, 4.69) is 33.9 Å². The minimum Gasteiger partial charge on any atom is -0.388 e. The van der Waals surface area contributed by atoms with Crippen molar-refractivity contribution in [3.05, 3.63) is 65.2 Å². The number of benzene rings is 2. The fourth-order valence-electron chi connectivity index (χ4n) is 5.99. The first-order valence-corrected chi connectivity index (χ1v) is 22.5. The molecule has 0 saturated carbocycles. The molecule has 2 aliphatic rings. The molecular formula is C31H43N3O22S4. The highest BCUT2D eigenvalue weighted by Crippen LogP contribution is 2.31. The van der Waals surface area contributed by atoms with Gasteiger partial charge in [-0.1, -0.05) is 49.1 Å². The second-order valence-corrected chi connectivity index (χ2v) is 16.9. The second-order valence-electron chi connectivity index (χ2n) is 12.7. The molecule has 9 atom stereocenters. The van der Waals surface area contributed by atoms with E-state index < -0.39 is 116 Å². The first-order chi connectivity index (χ1) is 27.4. The molecule has 0 radical (unpaired) electrons. The number of anilines is 1. The molecule has 60 heavy (non-hydrogen) atoms. The summed E-state index contributed by atoms with van der Waals surface area (Å²) in [6.07, 6.45) is -21.3. The van der Waals surface area contributed by atoms with Crippen molar-refractivity contribution in [1.82, 2.24) is 11.5 Å². The molecule has 0 spiro atoms. The average molecular weight is 938 g/mol. The van der Waals surface area contributed by atoms with Crippen molar-refractivity contribution in [2.75, 3.05) is 24.6 Å². The standard InChI is InChI=1S/C31H40N2O22S4.H3N/c1-2-23-27(37)29(54-58(44,45)46)30(55-59(47,48)49)31(51-23)50-17-22(34)26(36)28(53-57(41,42)43)24(52-56(38,39)40)15-32-14-13-25(35)33-16-20-9-4-3-7-18(20)11-12-19-8-5-6-10-21(19)33;/h3-10,22-24,26-32,34,36-37H,2,13-17H2,1H3,(H,38,39,40)(H,41,42,43)(H,44,45,46)(H,47,48,49);1H3/t22?,23-,24-,26-,27-,28-,29-,30-,31-;/m1./s1. The quantitative estimate of drug-likeness (QED) is 0.0396. The number of aliphatic hydroxyl groups excluding tert-OH is 3. The van der Waals surface area contributed by atoms with E-state index in [0.29, 0.717) is 16.8 Å². The summed E-state index contributed by atoms with van der Waals surface area (Å²) < 4.78 is 159. The molecule has 4 rings (SSSR count). The van der Waals surface area contributed by atoms with Crippen LogP contribution < -0.4 is 16.4 Å². The lowest BCUT2D eigenvalue weighted by atomic mass is 9.97. The summed E-state index contributed by atoms with van der Waals surface area (Å²) in [7, 11) is -22.2. The van der Waals surface area contributed by atoms with Crippen molar-refractivity contribution in [1.29, 1.82) is 0 Å². The Balaban J connectivity index is 0.00000961. The minimum atomic E-state index is -5.66. The number of fused-ring (bicyclic) bond motifs is 2. The number of carbonyl (C=O) groups excluding carboxylic acids is 1. The van der Waals surface area contributed by atoms with Crippen LogP contribution >= 0.6 is 0 Å². The van der Waals surface area contributed by atoms with Gasteiger partial charge in [-0.25, -0.2) is 16.7 Å². The molecule has 25 nitrogen and oxygen atoms in total. The van der Waals surface area contributed by atoms with Gasteiger partial charge in [0.15, 0.2) is 12.4 Å². The predicted molar refractivity (Wildman–Crippen MR) is 201 cm³/mol. The van der Waals surface area contributed by atoms with Crippen LogP contribution in [0, 0.1) is 11.8 Å². The Kier molecular flexibility index (Phi) is 18.0. The molecule has 1 amide bonds. The molecule has 1 fully saturated rings. The number of carbonyl (C=O) groups is 1. The van der Waals surface area contributed by atoms with Crippen LogP contribution in [0.3, 0.4) is 0 Å². The van der Waals surface area contributed by atoms with Crippen LogP contribution in [0.25, 0.3) is 0 Å². The van der Waals surface area contributed by atoms with Crippen molar-refractivity contribution < 1.29 is 98.2 Å². The Morgan fingerprint density at radius 2 is 1.42 bits per heavy atom. The third-order valence-electron chi connectivity index (χ3n) is 8.53. The monoisotopic (exact) mass is 937 g/mol. The number of hydrogen-bond donors (Lipinski definition) is 9. The average Bonchev–Trinajstić information content (AvgIpc) is 3.11. The van der Waals surface area contributed by atoms with Crippen molar-refractivity contribution in [2.45, 2.75) is 81.4 Å². The highest BCUT2D eigenvalue weighted by molar-refractivity contribution is 7.81. The summed E-state index contributed by atoms with van der Waals surface area (Å²) in [5.41, 5.74) is 2.42. The predicted octanol–water partition coefficient (Wildman–Crippen LogP) is -1.94. The number of nitrogens with zero attached hydrogens (tertiary/aromatic N) is 1. The van der Waals surface area contributed by atoms with Gasteiger partial charge in [-0.3, -0.25) is 23.0 Å². The fourth-order valence-corrected chi connectivity index (χ4v) is 7.98. The molecule has 2 heterocycles. The lowest BCUT2D eigenvalue weighted by molar-refractivity contribution is -0.293. The summed E-state index contributed by atoms with van der Waals surface area (Å²) in [4.78, 5) is 15.0. The molecule has 2 aromatic carbocycles. The Labute approximate surface area is 344 Å². The molecular weight excluding hydrogens is 895 g/mol. The van der Waals surface area contributed by atoms with Crippen LogP contribution in [-0.2, 0) is 79.1 Å². The zero-order valence-corrected chi connectivity index (χ0v) is 34.4. The van der Waals surface area contributed by atoms with Gasteiger partial charge in [0.1, 0.15) is 36.6 Å².